The third-order valence-electron chi connectivity index (χ3n) is 2.48. The Balaban J connectivity index is 2.27. The van der Waals surface area contributed by atoms with Gasteiger partial charge in [0.25, 0.3) is 5.91 Å². The minimum absolute atomic E-state index is 0.271. The number of thiocarbonyl (C=S) groups is 1. The number of H-pyrrole nitrogens is 1. The van der Waals surface area contributed by atoms with Crippen molar-refractivity contribution in [1.29, 1.82) is 0 Å². The number of aliphatic carboxylic acids is 1. The van der Waals surface area contributed by atoms with E-state index in [0.29, 0.717) is 4.91 Å². The van der Waals surface area contributed by atoms with Crippen LogP contribution in [-0.4, -0.2) is 37.2 Å². The SMILES string of the molecule is CC(C(=O)O)N1C(=O)/C(=C\c2ccc[nH]2)SC1=S. The number of hydrogen-bond donors (Lipinski definition) is 2. The fourth-order valence-electron chi connectivity index (χ4n) is 1.50. The molecule has 1 fully saturated rings. The van der Waals surface area contributed by atoms with Crippen LogP contribution in [0.3, 0.4) is 0 Å². The first-order valence-electron chi connectivity index (χ1n) is 5.14. The summed E-state index contributed by atoms with van der Waals surface area (Å²) < 4.78 is 0.271. The zero-order chi connectivity index (χ0) is 13.3. The fraction of sp³-hybridized carbons (Fsp3) is 0.182. The van der Waals surface area contributed by atoms with Gasteiger partial charge in [-0.3, -0.25) is 9.69 Å². The summed E-state index contributed by atoms with van der Waals surface area (Å²) in [6, 6.07) is 2.67. The van der Waals surface area contributed by atoms with Gasteiger partial charge in [-0.2, -0.15) is 0 Å². The number of nitrogens with one attached hydrogen (secondary N) is 1. The highest BCUT2D eigenvalue weighted by molar-refractivity contribution is 8.26. The molecule has 94 valence electrons. The van der Waals surface area contributed by atoms with Crippen LogP contribution in [0, 0.1) is 0 Å². The number of thioether (sulfide) groups is 1. The molecule has 2 heterocycles. The number of carboxylic acids is 1. The number of rotatable bonds is 3. The molecule has 0 saturated carbocycles. The first-order chi connectivity index (χ1) is 8.50. The summed E-state index contributed by atoms with van der Waals surface area (Å²) in [6.07, 6.45) is 3.40. The van der Waals surface area contributed by atoms with Gasteiger partial charge in [-0.1, -0.05) is 24.0 Å². The quantitative estimate of drug-likeness (QED) is 0.652. The summed E-state index contributed by atoms with van der Waals surface area (Å²) in [5.74, 6) is -1.44. The molecular weight excluding hydrogens is 272 g/mol. The first kappa shape index (κ1) is 12.8. The van der Waals surface area contributed by atoms with Crippen LogP contribution in [0.4, 0.5) is 0 Å². The van der Waals surface area contributed by atoms with Crippen LogP contribution in [0.1, 0.15) is 12.6 Å². The summed E-state index contributed by atoms with van der Waals surface area (Å²) in [6.45, 7) is 1.44. The molecular formula is C11H10N2O3S2. The van der Waals surface area contributed by atoms with Gasteiger partial charge < -0.3 is 10.1 Å². The van der Waals surface area contributed by atoms with Crippen molar-refractivity contribution in [2.45, 2.75) is 13.0 Å². The highest BCUT2D eigenvalue weighted by Gasteiger charge is 2.38. The summed E-state index contributed by atoms with van der Waals surface area (Å²) in [5.41, 5.74) is 0.776. The Morgan fingerprint density at radius 1 is 1.67 bits per heavy atom. The average molecular weight is 282 g/mol. The van der Waals surface area contributed by atoms with E-state index in [-0.39, 0.29) is 10.2 Å². The molecule has 5 nitrogen and oxygen atoms in total. The second-order valence-corrected chi connectivity index (χ2v) is 5.37. The van der Waals surface area contributed by atoms with Crippen LogP contribution in [0.5, 0.6) is 0 Å². The summed E-state index contributed by atoms with van der Waals surface area (Å²) >= 11 is 6.15. The Morgan fingerprint density at radius 3 is 2.94 bits per heavy atom. The molecule has 0 aromatic carbocycles. The van der Waals surface area contributed by atoms with E-state index in [0.717, 1.165) is 22.4 Å². The topological polar surface area (TPSA) is 73.4 Å². The minimum Gasteiger partial charge on any atom is -0.480 e. The van der Waals surface area contributed by atoms with E-state index in [1.807, 2.05) is 12.1 Å². The molecule has 0 spiro atoms. The highest BCUT2D eigenvalue weighted by atomic mass is 32.2. The lowest BCUT2D eigenvalue weighted by Gasteiger charge is -2.18. The van der Waals surface area contributed by atoms with Gasteiger partial charge in [-0.15, -0.1) is 0 Å². The fourth-order valence-corrected chi connectivity index (χ4v) is 2.91. The molecule has 1 saturated heterocycles. The van der Waals surface area contributed by atoms with Crippen molar-refractivity contribution < 1.29 is 14.7 Å². The van der Waals surface area contributed by atoms with Gasteiger partial charge in [0.15, 0.2) is 0 Å². The Labute approximate surface area is 113 Å². The van der Waals surface area contributed by atoms with Crippen molar-refractivity contribution in [2.24, 2.45) is 0 Å². The molecule has 18 heavy (non-hydrogen) atoms. The van der Waals surface area contributed by atoms with Crippen LogP contribution < -0.4 is 0 Å². The molecule has 2 N–H and O–H groups in total. The Bertz CT molecular complexity index is 536. The molecule has 0 radical (unpaired) electrons. The number of carbonyl (C=O) groups excluding carboxylic acids is 1. The normalized spacial score (nSPS) is 19.6. The van der Waals surface area contributed by atoms with Crippen molar-refractivity contribution in [1.82, 2.24) is 9.88 Å². The smallest absolute Gasteiger partial charge is 0.326 e. The zero-order valence-corrected chi connectivity index (χ0v) is 11.0. The lowest BCUT2D eigenvalue weighted by atomic mass is 10.3. The number of hydrogen-bond acceptors (Lipinski definition) is 4. The van der Waals surface area contributed by atoms with Crippen LogP contribution in [-0.2, 0) is 9.59 Å². The zero-order valence-electron chi connectivity index (χ0n) is 9.41. The maximum absolute atomic E-state index is 12.1. The largest absolute Gasteiger partial charge is 0.480 e. The van der Waals surface area contributed by atoms with Crippen LogP contribution in [0.2, 0.25) is 0 Å². The van der Waals surface area contributed by atoms with E-state index in [1.165, 1.54) is 6.92 Å². The maximum Gasteiger partial charge on any atom is 0.326 e. The van der Waals surface area contributed by atoms with Crippen molar-refractivity contribution in [2.75, 3.05) is 0 Å². The van der Waals surface area contributed by atoms with Gasteiger partial charge in [-0.25, -0.2) is 4.79 Å². The Morgan fingerprint density at radius 2 is 2.39 bits per heavy atom. The van der Waals surface area contributed by atoms with E-state index in [4.69, 9.17) is 17.3 Å². The van der Waals surface area contributed by atoms with Crippen LogP contribution in [0.25, 0.3) is 6.08 Å². The summed E-state index contributed by atoms with van der Waals surface area (Å²) in [5, 5.41) is 8.93. The molecule has 1 aliphatic rings. The molecule has 7 heteroatoms. The predicted molar refractivity (Wildman–Crippen MR) is 72.9 cm³/mol. The van der Waals surface area contributed by atoms with Gasteiger partial charge >= 0.3 is 5.97 Å². The number of amides is 1. The molecule has 1 aromatic rings. The van der Waals surface area contributed by atoms with E-state index in [2.05, 4.69) is 4.98 Å². The van der Waals surface area contributed by atoms with Crippen molar-refractivity contribution >= 4 is 46.3 Å². The molecule has 0 bridgehead atoms. The molecule has 0 aliphatic carbocycles. The summed E-state index contributed by atoms with van der Waals surface area (Å²) in [4.78, 5) is 27.5. The molecule has 1 aliphatic heterocycles. The van der Waals surface area contributed by atoms with Gasteiger partial charge in [0.05, 0.1) is 4.91 Å². The standard InChI is InChI=1S/C11H10N2O3S2/c1-6(10(15)16)13-9(14)8(18-11(13)17)5-7-3-2-4-12-7/h2-6,12H,1H3,(H,15,16)/b8-5+. The molecule has 1 atom stereocenters. The van der Waals surface area contributed by atoms with Gasteiger partial charge in [0, 0.05) is 11.9 Å². The van der Waals surface area contributed by atoms with E-state index >= 15 is 0 Å². The van der Waals surface area contributed by atoms with Crippen molar-refractivity contribution in [3.63, 3.8) is 0 Å². The Hall–Kier alpha value is -1.60. The van der Waals surface area contributed by atoms with E-state index in [9.17, 15) is 9.59 Å². The average Bonchev–Trinajstić information content (AvgIpc) is 2.88. The lowest BCUT2D eigenvalue weighted by molar-refractivity contribution is -0.144. The molecule has 1 amide bonds. The Kier molecular flexibility index (Phi) is 3.53. The van der Waals surface area contributed by atoms with Crippen LogP contribution in [0.15, 0.2) is 23.2 Å². The van der Waals surface area contributed by atoms with E-state index in [1.54, 1.807) is 12.3 Å². The summed E-state index contributed by atoms with van der Waals surface area (Å²) in [7, 11) is 0. The van der Waals surface area contributed by atoms with Crippen molar-refractivity contribution in [3.8, 4) is 0 Å². The molecule has 1 unspecified atom stereocenters. The van der Waals surface area contributed by atoms with Crippen molar-refractivity contribution in [3.05, 3.63) is 28.9 Å². The second kappa shape index (κ2) is 4.95. The lowest BCUT2D eigenvalue weighted by Crippen LogP contribution is -2.41. The number of carbonyl (C=O) groups is 2. The molecule has 1 aromatic heterocycles. The highest BCUT2D eigenvalue weighted by Crippen LogP contribution is 2.33. The predicted octanol–water partition coefficient (Wildman–Crippen LogP) is 1.69. The van der Waals surface area contributed by atoms with Gasteiger partial charge in [0.1, 0.15) is 10.4 Å². The van der Waals surface area contributed by atoms with Crippen LogP contribution >= 0.6 is 24.0 Å². The monoisotopic (exact) mass is 282 g/mol. The van der Waals surface area contributed by atoms with Gasteiger partial charge in [-0.05, 0) is 25.1 Å². The second-order valence-electron chi connectivity index (χ2n) is 3.69. The minimum atomic E-state index is -1.08. The third-order valence-corrected chi connectivity index (χ3v) is 3.81. The third kappa shape index (κ3) is 2.32. The first-order valence-corrected chi connectivity index (χ1v) is 6.36. The maximum atomic E-state index is 12.1. The molecule has 2 rings (SSSR count). The number of carboxylic acid groups (broad SMARTS) is 1. The number of nitrogens with zero attached hydrogens (tertiary/aromatic N) is 1. The van der Waals surface area contributed by atoms with E-state index < -0.39 is 12.0 Å². The number of aromatic nitrogens is 1. The number of aromatic amines is 1. The van der Waals surface area contributed by atoms with Gasteiger partial charge in [0.2, 0.25) is 0 Å².